The van der Waals surface area contributed by atoms with Gasteiger partial charge in [0.2, 0.25) is 5.91 Å². The van der Waals surface area contributed by atoms with Crippen LogP contribution in [0.2, 0.25) is 5.02 Å². The number of hydrogen-bond donors (Lipinski definition) is 1. The molecule has 0 aliphatic heterocycles. The number of halogens is 1. The van der Waals surface area contributed by atoms with Gasteiger partial charge in [-0.2, -0.15) is 0 Å². The number of imidazole rings is 1. The normalized spacial score (nSPS) is 10.9. The number of nitrogens with zero attached hydrogens (tertiary/aromatic N) is 4. The number of aromatic nitrogens is 3. The molecular formula is C16H16ClN5O. The second-order valence-corrected chi connectivity index (χ2v) is 5.74. The van der Waals surface area contributed by atoms with Crippen LogP contribution in [-0.4, -0.2) is 34.0 Å². The summed E-state index contributed by atoms with van der Waals surface area (Å²) in [6, 6.07) is 9.68. The molecule has 2 aromatic heterocycles. The molecule has 0 atom stereocenters. The second kappa shape index (κ2) is 5.89. The molecule has 0 aliphatic rings. The number of fused-ring (bicyclic) bond motifs is 1. The minimum atomic E-state index is -0.423. The van der Waals surface area contributed by atoms with E-state index in [-0.39, 0.29) is 6.54 Å². The summed E-state index contributed by atoms with van der Waals surface area (Å²) in [5.74, 6) is 0.927. The van der Waals surface area contributed by atoms with Gasteiger partial charge in [-0.05, 0) is 18.2 Å². The summed E-state index contributed by atoms with van der Waals surface area (Å²) in [4.78, 5) is 21.7. The minimum Gasteiger partial charge on any atom is -0.368 e. The van der Waals surface area contributed by atoms with Crippen LogP contribution in [0.5, 0.6) is 0 Å². The molecule has 0 unspecified atom stereocenters. The van der Waals surface area contributed by atoms with E-state index < -0.39 is 5.91 Å². The summed E-state index contributed by atoms with van der Waals surface area (Å²) in [5.41, 5.74) is 7.90. The third kappa shape index (κ3) is 2.85. The van der Waals surface area contributed by atoms with E-state index in [4.69, 9.17) is 17.3 Å². The summed E-state index contributed by atoms with van der Waals surface area (Å²) < 4.78 is 1.98. The van der Waals surface area contributed by atoms with Gasteiger partial charge in [-0.15, -0.1) is 0 Å². The first kappa shape index (κ1) is 15.3. The lowest BCUT2D eigenvalue weighted by Crippen LogP contribution is -2.31. The second-order valence-electron chi connectivity index (χ2n) is 5.33. The fourth-order valence-corrected chi connectivity index (χ4v) is 2.70. The van der Waals surface area contributed by atoms with Crippen molar-refractivity contribution in [1.29, 1.82) is 0 Å². The summed E-state index contributed by atoms with van der Waals surface area (Å²) in [6.07, 6.45) is 1.56. The van der Waals surface area contributed by atoms with Gasteiger partial charge in [-0.3, -0.25) is 4.79 Å². The zero-order valence-corrected chi connectivity index (χ0v) is 13.6. The highest BCUT2D eigenvalue weighted by atomic mass is 35.5. The van der Waals surface area contributed by atoms with E-state index >= 15 is 0 Å². The maximum Gasteiger partial charge on any atom is 0.236 e. The van der Waals surface area contributed by atoms with Gasteiger partial charge >= 0.3 is 0 Å². The smallest absolute Gasteiger partial charge is 0.236 e. The Morgan fingerprint density at radius 1 is 1.39 bits per heavy atom. The molecule has 1 aromatic carbocycles. The first-order valence-corrected chi connectivity index (χ1v) is 7.42. The van der Waals surface area contributed by atoms with Crippen LogP contribution in [-0.2, 0) is 11.8 Å². The number of pyridine rings is 1. The zero-order valence-electron chi connectivity index (χ0n) is 12.8. The Balaban J connectivity index is 2.11. The Morgan fingerprint density at radius 2 is 2.13 bits per heavy atom. The van der Waals surface area contributed by atoms with Crippen LogP contribution in [0.25, 0.3) is 22.4 Å². The van der Waals surface area contributed by atoms with Gasteiger partial charge in [0, 0.05) is 25.9 Å². The molecular weight excluding hydrogens is 314 g/mol. The number of para-hydroxylation sites is 2. The van der Waals surface area contributed by atoms with Gasteiger partial charge in [0.25, 0.3) is 0 Å². The lowest BCUT2D eigenvalue weighted by Gasteiger charge is -2.17. The predicted molar refractivity (Wildman–Crippen MR) is 91.4 cm³/mol. The lowest BCUT2D eigenvalue weighted by molar-refractivity contribution is -0.116. The molecule has 3 rings (SSSR count). The van der Waals surface area contributed by atoms with Crippen LogP contribution in [0.3, 0.4) is 0 Å². The third-order valence-corrected chi connectivity index (χ3v) is 3.95. The highest BCUT2D eigenvalue weighted by Crippen LogP contribution is 2.31. The molecule has 0 bridgehead atoms. The van der Waals surface area contributed by atoms with E-state index in [0.29, 0.717) is 10.8 Å². The van der Waals surface area contributed by atoms with Crippen LogP contribution in [0, 0.1) is 0 Å². The zero-order chi connectivity index (χ0) is 16.6. The molecule has 0 saturated heterocycles. The molecule has 118 valence electrons. The van der Waals surface area contributed by atoms with Gasteiger partial charge in [-0.25, -0.2) is 9.97 Å². The summed E-state index contributed by atoms with van der Waals surface area (Å²) >= 11 is 6.31. The van der Waals surface area contributed by atoms with Crippen molar-refractivity contribution < 1.29 is 4.79 Å². The highest BCUT2D eigenvalue weighted by Gasteiger charge is 2.15. The fourth-order valence-electron chi connectivity index (χ4n) is 2.51. The quantitative estimate of drug-likeness (QED) is 0.796. The average Bonchev–Trinajstić information content (AvgIpc) is 2.84. The molecule has 1 amide bonds. The maximum atomic E-state index is 11.1. The summed E-state index contributed by atoms with van der Waals surface area (Å²) in [7, 11) is 3.69. The lowest BCUT2D eigenvalue weighted by atomic mass is 10.2. The van der Waals surface area contributed by atoms with Crippen molar-refractivity contribution in [2.45, 2.75) is 0 Å². The molecule has 2 heterocycles. The van der Waals surface area contributed by atoms with E-state index in [1.54, 1.807) is 18.1 Å². The number of carbonyl (C=O) groups excluding carboxylic acids is 1. The van der Waals surface area contributed by atoms with Crippen molar-refractivity contribution in [3.63, 3.8) is 0 Å². The molecule has 0 saturated carbocycles. The van der Waals surface area contributed by atoms with Crippen molar-refractivity contribution in [3.8, 4) is 11.4 Å². The molecule has 0 radical (unpaired) electrons. The summed E-state index contributed by atoms with van der Waals surface area (Å²) in [5, 5.41) is 0.500. The van der Waals surface area contributed by atoms with Crippen molar-refractivity contribution in [2.75, 3.05) is 18.5 Å². The number of likely N-dealkylation sites (N-methyl/N-ethyl adjacent to an activating group) is 1. The van der Waals surface area contributed by atoms with Crippen LogP contribution >= 0.6 is 11.6 Å². The van der Waals surface area contributed by atoms with E-state index in [0.717, 1.165) is 22.4 Å². The third-order valence-electron chi connectivity index (χ3n) is 3.65. The van der Waals surface area contributed by atoms with Gasteiger partial charge in [0.1, 0.15) is 11.6 Å². The van der Waals surface area contributed by atoms with Crippen LogP contribution < -0.4 is 10.6 Å². The fraction of sp³-hybridized carbons (Fsp3) is 0.188. The highest BCUT2D eigenvalue weighted by molar-refractivity contribution is 6.33. The maximum absolute atomic E-state index is 11.1. The van der Waals surface area contributed by atoms with Gasteiger partial charge in [-0.1, -0.05) is 23.7 Å². The Hall–Kier alpha value is -2.60. The first-order chi connectivity index (χ1) is 11.0. The van der Waals surface area contributed by atoms with Gasteiger partial charge < -0.3 is 15.2 Å². The van der Waals surface area contributed by atoms with Crippen molar-refractivity contribution >= 4 is 34.4 Å². The Labute approximate surface area is 138 Å². The van der Waals surface area contributed by atoms with Gasteiger partial charge in [0.05, 0.1) is 22.6 Å². The van der Waals surface area contributed by atoms with Crippen LogP contribution in [0.4, 0.5) is 5.82 Å². The number of aryl methyl sites for hydroxylation is 1. The van der Waals surface area contributed by atoms with Gasteiger partial charge in [0.15, 0.2) is 0 Å². The number of primary amides is 1. The first-order valence-electron chi connectivity index (χ1n) is 7.04. The molecule has 6 nitrogen and oxygen atoms in total. The van der Waals surface area contributed by atoms with Crippen molar-refractivity contribution in [2.24, 2.45) is 12.8 Å². The SMILES string of the molecule is CN(CC(N)=O)c1cc(-c2nc3ccccc3n2C)c(Cl)cn1. The van der Waals surface area contributed by atoms with Crippen molar-refractivity contribution in [1.82, 2.24) is 14.5 Å². The van der Waals surface area contributed by atoms with E-state index in [1.807, 2.05) is 41.9 Å². The number of amides is 1. The molecule has 0 spiro atoms. The predicted octanol–water partition coefficient (Wildman–Crippen LogP) is 2.21. The Morgan fingerprint density at radius 3 is 2.83 bits per heavy atom. The number of rotatable bonds is 4. The van der Waals surface area contributed by atoms with E-state index in [2.05, 4.69) is 9.97 Å². The van der Waals surface area contributed by atoms with E-state index in [1.165, 1.54) is 0 Å². The van der Waals surface area contributed by atoms with Crippen molar-refractivity contribution in [3.05, 3.63) is 41.6 Å². The molecule has 23 heavy (non-hydrogen) atoms. The largest absolute Gasteiger partial charge is 0.368 e. The topological polar surface area (TPSA) is 77.0 Å². The van der Waals surface area contributed by atoms with Crippen LogP contribution in [0.15, 0.2) is 36.5 Å². The van der Waals surface area contributed by atoms with E-state index in [9.17, 15) is 4.79 Å². The molecule has 0 aliphatic carbocycles. The molecule has 0 fully saturated rings. The Kier molecular flexibility index (Phi) is 3.92. The minimum absolute atomic E-state index is 0.0800. The number of benzene rings is 1. The standard InChI is InChI=1S/C16H16ClN5O/c1-21(9-14(18)23)15-7-10(11(17)8-19-15)16-20-12-5-3-4-6-13(12)22(16)2/h3-8H,9H2,1-2H3,(H2,18,23). The summed E-state index contributed by atoms with van der Waals surface area (Å²) in [6.45, 7) is 0.0800. The Bertz CT molecular complexity index is 889. The molecule has 3 aromatic rings. The number of hydrogen-bond acceptors (Lipinski definition) is 4. The monoisotopic (exact) mass is 329 g/mol. The average molecular weight is 330 g/mol. The number of carbonyl (C=O) groups is 1. The molecule has 7 heteroatoms. The number of anilines is 1. The number of nitrogens with two attached hydrogens (primary N) is 1. The van der Waals surface area contributed by atoms with Crippen LogP contribution in [0.1, 0.15) is 0 Å². The molecule has 2 N–H and O–H groups in total.